The molecule has 0 aromatic carbocycles. The molecular weight excluding hydrogens is 210 g/mol. The molecule has 2 rings (SSSR count). The van der Waals surface area contributed by atoms with Crippen molar-refractivity contribution in [1.29, 1.82) is 0 Å². The molecular formula is C14H29N3. The first-order valence-corrected chi connectivity index (χ1v) is 7.23. The topological polar surface area (TPSA) is 32.5 Å². The zero-order chi connectivity index (χ0) is 12.5. The summed E-state index contributed by atoms with van der Waals surface area (Å²) in [5.74, 6) is 0. The molecule has 2 fully saturated rings. The van der Waals surface area contributed by atoms with E-state index < -0.39 is 0 Å². The van der Waals surface area contributed by atoms with Gasteiger partial charge < -0.3 is 5.73 Å². The second kappa shape index (κ2) is 5.25. The Morgan fingerprint density at radius 1 is 1.29 bits per heavy atom. The lowest BCUT2D eigenvalue weighted by Gasteiger charge is -2.42. The van der Waals surface area contributed by atoms with E-state index in [4.69, 9.17) is 5.73 Å². The third-order valence-corrected chi connectivity index (χ3v) is 4.33. The summed E-state index contributed by atoms with van der Waals surface area (Å²) >= 11 is 0. The molecule has 3 heteroatoms. The van der Waals surface area contributed by atoms with Gasteiger partial charge >= 0.3 is 0 Å². The minimum absolute atomic E-state index is 0.00157. The number of hydrogen-bond acceptors (Lipinski definition) is 3. The summed E-state index contributed by atoms with van der Waals surface area (Å²) in [6.07, 6.45) is 5.18. The molecule has 0 aromatic rings. The maximum absolute atomic E-state index is 6.04. The van der Waals surface area contributed by atoms with Gasteiger partial charge in [0.1, 0.15) is 0 Å². The fourth-order valence-electron chi connectivity index (χ4n) is 3.30. The molecule has 2 heterocycles. The number of rotatable bonds is 4. The molecule has 0 radical (unpaired) electrons. The normalized spacial score (nSPS) is 31.8. The van der Waals surface area contributed by atoms with Gasteiger partial charge in [-0.15, -0.1) is 0 Å². The summed E-state index contributed by atoms with van der Waals surface area (Å²) in [6.45, 7) is 11.8. The number of piperazine rings is 1. The fraction of sp³-hybridized carbons (Fsp3) is 1.00. The molecule has 3 nitrogen and oxygen atoms in total. The van der Waals surface area contributed by atoms with Crippen LogP contribution in [-0.4, -0.2) is 53.6 Å². The molecule has 2 atom stereocenters. The number of hydrogen-bond donors (Lipinski definition) is 1. The average Bonchev–Trinajstić information content (AvgIpc) is 2.63. The van der Waals surface area contributed by atoms with E-state index in [1.165, 1.54) is 45.4 Å². The van der Waals surface area contributed by atoms with Crippen LogP contribution >= 0.6 is 0 Å². The van der Waals surface area contributed by atoms with Gasteiger partial charge in [-0.3, -0.25) is 9.80 Å². The van der Waals surface area contributed by atoms with Crippen molar-refractivity contribution in [2.45, 2.75) is 64.1 Å². The highest BCUT2D eigenvalue weighted by atomic mass is 15.3. The Kier molecular flexibility index (Phi) is 4.11. The van der Waals surface area contributed by atoms with Gasteiger partial charge in [-0.2, -0.15) is 0 Å². The van der Waals surface area contributed by atoms with Crippen LogP contribution in [0.1, 0.15) is 46.5 Å². The van der Waals surface area contributed by atoms with E-state index in [1.54, 1.807) is 0 Å². The van der Waals surface area contributed by atoms with Crippen LogP contribution < -0.4 is 5.73 Å². The quantitative estimate of drug-likeness (QED) is 0.810. The van der Waals surface area contributed by atoms with Crippen molar-refractivity contribution >= 4 is 0 Å². The van der Waals surface area contributed by atoms with E-state index in [9.17, 15) is 0 Å². The highest BCUT2D eigenvalue weighted by Crippen LogP contribution is 2.24. The first-order valence-electron chi connectivity index (χ1n) is 7.23. The maximum atomic E-state index is 6.04. The molecule has 2 unspecified atom stereocenters. The summed E-state index contributed by atoms with van der Waals surface area (Å²) in [4.78, 5) is 5.37. The highest BCUT2D eigenvalue weighted by molar-refractivity contribution is 4.90. The number of fused-ring (bicyclic) bond motifs is 1. The smallest absolute Gasteiger partial charge is 0.0224 e. The zero-order valence-corrected chi connectivity index (χ0v) is 11.8. The van der Waals surface area contributed by atoms with E-state index >= 15 is 0 Å². The standard InChI is InChI=1S/C14H29N3/c1-12-10-17-8-4-6-13(17)11-16(12)9-5-7-14(2,3)15/h12-13H,4-11,15H2,1-3H3. The molecule has 100 valence electrons. The Balaban J connectivity index is 1.76. The summed E-state index contributed by atoms with van der Waals surface area (Å²) in [6, 6.07) is 1.57. The third-order valence-electron chi connectivity index (χ3n) is 4.33. The summed E-state index contributed by atoms with van der Waals surface area (Å²) in [7, 11) is 0. The van der Waals surface area contributed by atoms with Gasteiger partial charge in [-0.1, -0.05) is 0 Å². The van der Waals surface area contributed by atoms with Gasteiger partial charge in [0, 0.05) is 30.7 Å². The molecule has 0 spiro atoms. The zero-order valence-electron chi connectivity index (χ0n) is 11.8. The second-order valence-electron chi connectivity index (χ2n) is 6.73. The van der Waals surface area contributed by atoms with Crippen molar-refractivity contribution in [3.05, 3.63) is 0 Å². The van der Waals surface area contributed by atoms with Gasteiger partial charge in [0.05, 0.1) is 0 Å². The monoisotopic (exact) mass is 239 g/mol. The SMILES string of the molecule is CC1CN2CCCC2CN1CCCC(C)(C)N. The number of nitrogens with zero attached hydrogens (tertiary/aromatic N) is 2. The maximum Gasteiger partial charge on any atom is 0.0224 e. The molecule has 2 aliphatic rings. The lowest BCUT2D eigenvalue weighted by Crippen LogP contribution is -2.55. The summed E-state index contributed by atoms with van der Waals surface area (Å²) < 4.78 is 0. The molecule has 2 N–H and O–H groups in total. The van der Waals surface area contributed by atoms with Crippen LogP contribution in [0.25, 0.3) is 0 Å². The predicted molar refractivity (Wildman–Crippen MR) is 73.1 cm³/mol. The van der Waals surface area contributed by atoms with Crippen LogP contribution in [0.5, 0.6) is 0 Å². The van der Waals surface area contributed by atoms with E-state index in [1.807, 2.05) is 0 Å². The first kappa shape index (κ1) is 13.3. The molecule has 0 aliphatic carbocycles. The Morgan fingerprint density at radius 2 is 2.06 bits per heavy atom. The van der Waals surface area contributed by atoms with Crippen molar-refractivity contribution in [2.24, 2.45) is 5.73 Å². The molecule has 2 aliphatic heterocycles. The molecule has 0 amide bonds. The van der Waals surface area contributed by atoms with Gasteiger partial charge in [-0.05, 0) is 59.5 Å². The van der Waals surface area contributed by atoms with Crippen molar-refractivity contribution in [3.8, 4) is 0 Å². The molecule has 2 saturated heterocycles. The van der Waals surface area contributed by atoms with E-state index in [-0.39, 0.29) is 5.54 Å². The Morgan fingerprint density at radius 3 is 2.76 bits per heavy atom. The minimum Gasteiger partial charge on any atom is -0.326 e. The number of nitrogens with two attached hydrogens (primary N) is 1. The van der Waals surface area contributed by atoms with Crippen LogP contribution in [0.15, 0.2) is 0 Å². The largest absolute Gasteiger partial charge is 0.326 e. The van der Waals surface area contributed by atoms with Crippen molar-refractivity contribution in [1.82, 2.24) is 9.80 Å². The Bertz CT molecular complexity index is 246. The molecule has 17 heavy (non-hydrogen) atoms. The first-order chi connectivity index (χ1) is 7.96. The third kappa shape index (κ3) is 3.67. The van der Waals surface area contributed by atoms with Gasteiger partial charge in [0.2, 0.25) is 0 Å². The van der Waals surface area contributed by atoms with Crippen LogP contribution in [0, 0.1) is 0 Å². The van der Waals surface area contributed by atoms with Gasteiger partial charge in [0.15, 0.2) is 0 Å². The van der Waals surface area contributed by atoms with E-state index in [0.29, 0.717) is 0 Å². The van der Waals surface area contributed by atoms with Crippen LogP contribution in [0.2, 0.25) is 0 Å². The lowest BCUT2D eigenvalue weighted by atomic mass is 9.99. The molecule has 0 aromatic heterocycles. The van der Waals surface area contributed by atoms with Crippen LogP contribution in [-0.2, 0) is 0 Å². The van der Waals surface area contributed by atoms with Crippen LogP contribution in [0.3, 0.4) is 0 Å². The average molecular weight is 239 g/mol. The lowest BCUT2D eigenvalue weighted by molar-refractivity contribution is 0.0575. The van der Waals surface area contributed by atoms with Gasteiger partial charge in [0.25, 0.3) is 0 Å². The Labute approximate surface area is 106 Å². The predicted octanol–water partition coefficient (Wildman–Crippen LogP) is 1.67. The van der Waals surface area contributed by atoms with Crippen molar-refractivity contribution < 1.29 is 0 Å². The van der Waals surface area contributed by atoms with Crippen molar-refractivity contribution in [2.75, 3.05) is 26.2 Å². The van der Waals surface area contributed by atoms with E-state index in [0.717, 1.165) is 18.5 Å². The summed E-state index contributed by atoms with van der Waals surface area (Å²) in [5.41, 5.74) is 6.04. The van der Waals surface area contributed by atoms with Crippen LogP contribution in [0.4, 0.5) is 0 Å². The highest BCUT2D eigenvalue weighted by Gasteiger charge is 2.33. The van der Waals surface area contributed by atoms with Crippen molar-refractivity contribution in [3.63, 3.8) is 0 Å². The Hall–Kier alpha value is -0.120. The fourth-order valence-corrected chi connectivity index (χ4v) is 3.30. The van der Waals surface area contributed by atoms with E-state index in [2.05, 4.69) is 30.6 Å². The van der Waals surface area contributed by atoms with Gasteiger partial charge in [-0.25, -0.2) is 0 Å². The summed E-state index contributed by atoms with van der Waals surface area (Å²) in [5, 5.41) is 0. The minimum atomic E-state index is -0.00157. The second-order valence-corrected chi connectivity index (χ2v) is 6.73. The molecule has 0 bridgehead atoms. The molecule has 0 saturated carbocycles.